The molecule has 0 spiro atoms. The summed E-state index contributed by atoms with van der Waals surface area (Å²) in [4.78, 5) is 14.9. The van der Waals surface area contributed by atoms with Crippen molar-refractivity contribution in [3.05, 3.63) is 0 Å². The number of carbonyl (C=O) groups excluding carboxylic acids is 1. The number of nitrogens with one attached hydrogen (secondary N) is 1. The van der Waals surface area contributed by atoms with Gasteiger partial charge in [-0.05, 0) is 31.4 Å². The molecule has 0 radical (unpaired) electrons. The first-order valence-electron chi connectivity index (χ1n) is 8.12. The molecule has 3 unspecified atom stereocenters. The predicted molar refractivity (Wildman–Crippen MR) is 89.0 cm³/mol. The Morgan fingerprint density at radius 2 is 2.05 bits per heavy atom. The highest BCUT2D eigenvalue weighted by atomic mass is 32.2. The van der Waals surface area contributed by atoms with Crippen molar-refractivity contribution in [2.75, 3.05) is 12.0 Å². The monoisotopic (exact) mass is 300 g/mol. The molecule has 0 saturated carbocycles. The summed E-state index contributed by atoms with van der Waals surface area (Å²) in [7, 11) is 0. The van der Waals surface area contributed by atoms with Crippen LogP contribution in [0.25, 0.3) is 0 Å². The van der Waals surface area contributed by atoms with Crippen LogP contribution in [0.15, 0.2) is 0 Å². The first-order valence-corrected chi connectivity index (χ1v) is 9.51. The third kappa shape index (κ3) is 4.66. The first kappa shape index (κ1) is 17.8. The van der Waals surface area contributed by atoms with Crippen molar-refractivity contribution >= 4 is 17.7 Å². The lowest BCUT2D eigenvalue weighted by Gasteiger charge is -2.32. The lowest BCUT2D eigenvalue weighted by atomic mass is 10.1. The van der Waals surface area contributed by atoms with Crippen molar-refractivity contribution in [2.24, 2.45) is 5.92 Å². The molecule has 1 amide bonds. The van der Waals surface area contributed by atoms with Crippen molar-refractivity contribution in [3.63, 3.8) is 0 Å². The predicted octanol–water partition coefficient (Wildman–Crippen LogP) is 3.49. The normalized spacial score (nSPS) is 24.7. The number of rotatable bonds is 9. The number of hydrogen-bond acceptors (Lipinski definition) is 3. The minimum absolute atomic E-state index is 0.0506. The molecule has 0 aromatic carbocycles. The van der Waals surface area contributed by atoms with Gasteiger partial charge in [-0.25, -0.2) is 0 Å². The Labute approximate surface area is 129 Å². The maximum Gasteiger partial charge on any atom is 0.241 e. The second-order valence-electron chi connectivity index (χ2n) is 6.27. The van der Waals surface area contributed by atoms with Gasteiger partial charge in [-0.1, -0.05) is 40.5 Å². The number of thioether (sulfide) groups is 1. The van der Waals surface area contributed by atoms with Crippen LogP contribution < -0.4 is 5.32 Å². The molecule has 1 N–H and O–H groups in total. The summed E-state index contributed by atoms with van der Waals surface area (Å²) >= 11 is 1.84. The van der Waals surface area contributed by atoms with Crippen LogP contribution in [0.1, 0.15) is 59.8 Å². The fourth-order valence-electron chi connectivity index (χ4n) is 2.98. The standard InChI is InChI=1S/C16H32N2OS/c1-6-8-9-14-16(19)18(13(7-2)11-20-5)15(17-14)10-12(3)4/h12-15,17H,6-11H2,1-5H3. The molecule has 1 aliphatic rings. The summed E-state index contributed by atoms with van der Waals surface area (Å²) in [5.74, 6) is 1.99. The number of amides is 1. The molecule has 4 heteroatoms. The molecule has 1 rings (SSSR count). The summed E-state index contributed by atoms with van der Waals surface area (Å²) in [6.07, 6.45) is 7.73. The van der Waals surface area contributed by atoms with Crippen molar-refractivity contribution < 1.29 is 4.79 Å². The van der Waals surface area contributed by atoms with E-state index in [1.54, 1.807) is 0 Å². The summed E-state index contributed by atoms with van der Waals surface area (Å²) in [6.45, 7) is 8.85. The van der Waals surface area contributed by atoms with Gasteiger partial charge in [0.2, 0.25) is 5.91 Å². The smallest absolute Gasteiger partial charge is 0.241 e. The Hall–Kier alpha value is -0.220. The van der Waals surface area contributed by atoms with Crippen LogP contribution in [0.2, 0.25) is 0 Å². The number of hydrogen-bond donors (Lipinski definition) is 1. The average molecular weight is 301 g/mol. The molecule has 1 heterocycles. The molecule has 0 aliphatic carbocycles. The Kier molecular flexibility index (Phi) is 7.96. The van der Waals surface area contributed by atoms with Crippen LogP contribution in [-0.2, 0) is 4.79 Å². The van der Waals surface area contributed by atoms with Crippen molar-refractivity contribution in [1.29, 1.82) is 0 Å². The van der Waals surface area contributed by atoms with Crippen LogP contribution in [0, 0.1) is 5.92 Å². The van der Waals surface area contributed by atoms with Gasteiger partial charge in [0.1, 0.15) is 0 Å². The van der Waals surface area contributed by atoms with Crippen molar-refractivity contribution in [1.82, 2.24) is 10.2 Å². The van der Waals surface area contributed by atoms with Gasteiger partial charge in [-0.15, -0.1) is 0 Å². The van der Waals surface area contributed by atoms with Crippen molar-refractivity contribution in [2.45, 2.75) is 78.0 Å². The van der Waals surface area contributed by atoms with Crippen LogP contribution in [-0.4, -0.2) is 41.1 Å². The van der Waals surface area contributed by atoms with E-state index in [0.717, 1.165) is 37.9 Å². The van der Waals surface area contributed by atoms with E-state index in [2.05, 4.69) is 44.2 Å². The van der Waals surface area contributed by atoms with Crippen molar-refractivity contribution in [3.8, 4) is 0 Å². The molecule has 1 saturated heterocycles. The second kappa shape index (κ2) is 8.93. The largest absolute Gasteiger partial charge is 0.322 e. The maximum atomic E-state index is 12.7. The van der Waals surface area contributed by atoms with Crippen LogP contribution in [0.4, 0.5) is 0 Å². The third-order valence-electron chi connectivity index (χ3n) is 4.05. The van der Waals surface area contributed by atoms with Crippen LogP contribution in [0.5, 0.6) is 0 Å². The molecular formula is C16H32N2OS. The Balaban J connectivity index is 2.80. The second-order valence-corrected chi connectivity index (χ2v) is 7.18. The highest BCUT2D eigenvalue weighted by Gasteiger charge is 2.41. The van der Waals surface area contributed by atoms with Gasteiger partial charge in [0.05, 0.1) is 12.2 Å². The molecule has 1 fully saturated rings. The maximum absolute atomic E-state index is 12.7. The van der Waals surface area contributed by atoms with Gasteiger partial charge >= 0.3 is 0 Å². The molecule has 20 heavy (non-hydrogen) atoms. The van der Waals surface area contributed by atoms with E-state index in [0.29, 0.717) is 17.9 Å². The minimum Gasteiger partial charge on any atom is -0.322 e. The summed E-state index contributed by atoms with van der Waals surface area (Å²) < 4.78 is 0. The van der Waals surface area contributed by atoms with Gasteiger partial charge in [-0.3, -0.25) is 10.1 Å². The van der Waals surface area contributed by atoms with Gasteiger partial charge in [0, 0.05) is 11.8 Å². The van der Waals surface area contributed by atoms with E-state index in [1.807, 2.05) is 11.8 Å². The molecule has 0 bridgehead atoms. The van der Waals surface area contributed by atoms with E-state index < -0.39 is 0 Å². The molecule has 118 valence electrons. The molecule has 3 nitrogen and oxygen atoms in total. The zero-order valence-corrected chi connectivity index (χ0v) is 14.6. The van der Waals surface area contributed by atoms with E-state index in [-0.39, 0.29) is 12.2 Å². The molecule has 0 aromatic rings. The van der Waals surface area contributed by atoms with Crippen LogP contribution >= 0.6 is 11.8 Å². The van der Waals surface area contributed by atoms with E-state index >= 15 is 0 Å². The molecular weight excluding hydrogens is 268 g/mol. The van der Waals surface area contributed by atoms with E-state index in [9.17, 15) is 4.79 Å². The van der Waals surface area contributed by atoms with Gasteiger partial charge in [-0.2, -0.15) is 11.8 Å². The van der Waals surface area contributed by atoms with Gasteiger partial charge in [0.25, 0.3) is 0 Å². The van der Waals surface area contributed by atoms with Gasteiger partial charge in [0.15, 0.2) is 0 Å². The Morgan fingerprint density at radius 1 is 1.35 bits per heavy atom. The van der Waals surface area contributed by atoms with E-state index in [4.69, 9.17) is 0 Å². The summed E-state index contributed by atoms with van der Waals surface area (Å²) in [5, 5.41) is 3.60. The number of nitrogens with zero attached hydrogens (tertiary/aromatic N) is 1. The van der Waals surface area contributed by atoms with Gasteiger partial charge < -0.3 is 4.90 Å². The minimum atomic E-state index is 0.0506. The molecule has 3 atom stereocenters. The zero-order chi connectivity index (χ0) is 15.1. The third-order valence-corrected chi connectivity index (χ3v) is 4.76. The SMILES string of the molecule is CCCCC1NC(CC(C)C)N(C(CC)CSC)C1=O. The molecule has 0 aromatic heterocycles. The summed E-state index contributed by atoms with van der Waals surface area (Å²) in [6, 6.07) is 0.426. The molecule has 1 aliphatic heterocycles. The highest BCUT2D eigenvalue weighted by molar-refractivity contribution is 7.98. The van der Waals surface area contributed by atoms with Crippen LogP contribution in [0.3, 0.4) is 0 Å². The van der Waals surface area contributed by atoms with E-state index in [1.165, 1.54) is 0 Å². The number of unbranched alkanes of at least 4 members (excludes halogenated alkanes) is 1. The lowest BCUT2D eigenvalue weighted by Crippen LogP contribution is -2.46. The zero-order valence-electron chi connectivity index (χ0n) is 13.8. The fraction of sp³-hybridized carbons (Fsp3) is 0.938. The number of carbonyl (C=O) groups is 1. The summed E-state index contributed by atoms with van der Waals surface area (Å²) in [5.41, 5.74) is 0. The Bertz CT molecular complexity index is 296. The average Bonchev–Trinajstić information content (AvgIpc) is 2.69. The topological polar surface area (TPSA) is 32.3 Å². The first-order chi connectivity index (χ1) is 9.54. The quantitative estimate of drug-likeness (QED) is 0.707. The fourth-order valence-corrected chi connectivity index (χ4v) is 3.76. The Morgan fingerprint density at radius 3 is 2.55 bits per heavy atom. The highest BCUT2D eigenvalue weighted by Crippen LogP contribution is 2.25. The lowest BCUT2D eigenvalue weighted by molar-refractivity contribution is -0.132.